The SMILES string of the molecule is Oc1ccc(N2CCCCC2Oc2ccc(OC(F)(F)F)cc2)cc1. The normalized spacial score (nSPS) is 18.0. The van der Waals surface area contributed by atoms with Crippen molar-refractivity contribution >= 4 is 5.69 Å². The molecule has 0 bridgehead atoms. The van der Waals surface area contributed by atoms with Gasteiger partial charge in [0.2, 0.25) is 0 Å². The number of halogens is 3. The van der Waals surface area contributed by atoms with E-state index in [0.29, 0.717) is 5.75 Å². The largest absolute Gasteiger partial charge is 0.573 e. The van der Waals surface area contributed by atoms with Crippen LogP contribution in [0.3, 0.4) is 0 Å². The van der Waals surface area contributed by atoms with Gasteiger partial charge in [-0.3, -0.25) is 0 Å². The third kappa shape index (κ3) is 4.71. The van der Waals surface area contributed by atoms with E-state index in [2.05, 4.69) is 9.64 Å². The summed E-state index contributed by atoms with van der Waals surface area (Å²) in [7, 11) is 0. The van der Waals surface area contributed by atoms with Crippen molar-refractivity contribution in [1.29, 1.82) is 0 Å². The topological polar surface area (TPSA) is 41.9 Å². The molecule has 1 saturated heterocycles. The van der Waals surface area contributed by atoms with Crippen molar-refractivity contribution in [2.75, 3.05) is 11.4 Å². The van der Waals surface area contributed by atoms with Gasteiger partial charge in [-0.15, -0.1) is 13.2 Å². The molecular formula is C18H18F3NO3. The molecule has 0 aromatic heterocycles. The van der Waals surface area contributed by atoms with E-state index < -0.39 is 6.36 Å². The highest BCUT2D eigenvalue weighted by Crippen LogP contribution is 2.30. The summed E-state index contributed by atoms with van der Waals surface area (Å²) in [5.74, 6) is 0.391. The first-order chi connectivity index (χ1) is 11.9. The minimum absolute atomic E-state index is 0.193. The lowest BCUT2D eigenvalue weighted by Gasteiger charge is -2.37. The van der Waals surface area contributed by atoms with Crippen LogP contribution in [-0.2, 0) is 0 Å². The predicted molar refractivity (Wildman–Crippen MR) is 86.8 cm³/mol. The van der Waals surface area contributed by atoms with Gasteiger partial charge in [0.25, 0.3) is 0 Å². The third-order valence-electron chi connectivity index (χ3n) is 3.96. The zero-order valence-corrected chi connectivity index (χ0v) is 13.4. The second-order valence-corrected chi connectivity index (χ2v) is 5.80. The van der Waals surface area contributed by atoms with Gasteiger partial charge in [0, 0.05) is 18.7 Å². The molecule has 1 heterocycles. The second-order valence-electron chi connectivity index (χ2n) is 5.80. The number of hydrogen-bond acceptors (Lipinski definition) is 4. The number of phenolic OH excluding ortho intramolecular Hbond substituents is 1. The Morgan fingerprint density at radius 2 is 1.56 bits per heavy atom. The number of hydrogen-bond donors (Lipinski definition) is 1. The first-order valence-electron chi connectivity index (χ1n) is 7.99. The molecule has 1 aliphatic heterocycles. The molecule has 7 heteroatoms. The molecule has 1 unspecified atom stereocenters. The van der Waals surface area contributed by atoms with Gasteiger partial charge < -0.3 is 19.5 Å². The fourth-order valence-corrected chi connectivity index (χ4v) is 2.84. The lowest BCUT2D eigenvalue weighted by Crippen LogP contribution is -2.43. The zero-order valence-electron chi connectivity index (χ0n) is 13.4. The van der Waals surface area contributed by atoms with Crippen molar-refractivity contribution < 1.29 is 27.8 Å². The summed E-state index contributed by atoms with van der Waals surface area (Å²) in [5, 5.41) is 9.42. The molecule has 25 heavy (non-hydrogen) atoms. The lowest BCUT2D eigenvalue weighted by molar-refractivity contribution is -0.274. The highest BCUT2D eigenvalue weighted by atomic mass is 19.4. The maximum Gasteiger partial charge on any atom is 0.573 e. The van der Waals surface area contributed by atoms with Gasteiger partial charge >= 0.3 is 6.36 Å². The molecule has 2 aromatic carbocycles. The Morgan fingerprint density at radius 3 is 2.20 bits per heavy atom. The van der Waals surface area contributed by atoms with Crippen LogP contribution in [0, 0.1) is 0 Å². The smallest absolute Gasteiger partial charge is 0.508 e. The fourth-order valence-electron chi connectivity index (χ4n) is 2.84. The van der Waals surface area contributed by atoms with E-state index in [1.165, 1.54) is 24.3 Å². The number of alkyl halides is 3. The summed E-state index contributed by atoms with van der Waals surface area (Å²) in [5.41, 5.74) is 0.930. The summed E-state index contributed by atoms with van der Waals surface area (Å²) in [6.45, 7) is 0.810. The summed E-state index contributed by atoms with van der Waals surface area (Å²) in [4.78, 5) is 2.09. The van der Waals surface area contributed by atoms with Crippen molar-refractivity contribution in [2.45, 2.75) is 31.9 Å². The monoisotopic (exact) mass is 353 g/mol. The van der Waals surface area contributed by atoms with Crippen LogP contribution in [0.5, 0.6) is 17.2 Å². The van der Waals surface area contributed by atoms with Crippen LogP contribution in [0.25, 0.3) is 0 Å². The first-order valence-corrected chi connectivity index (χ1v) is 7.99. The number of ether oxygens (including phenoxy) is 2. The van der Waals surface area contributed by atoms with Crippen LogP contribution < -0.4 is 14.4 Å². The maximum absolute atomic E-state index is 12.2. The van der Waals surface area contributed by atoms with E-state index in [0.717, 1.165) is 31.5 Å². The summed E-state index contributed by atoms with van der Waals surface area (Å²) in [6, 6.07) is 12.3. The quantitative estimate of drug-likeness (QED) is 0.866. The third-order valence-corrected chi connectivity index (χ3v) is 3.96. The van der Waals surface area contributed by atoms with Crippen LogP contribution in [0.4, 0.5) is 18.9 Å². The molecule has 0 spiro atoms. The van der Waals surface area contributed by atoms with Crippen LogP contribution in [0.1, 0.15) is 19.3 Å². The van der Waals surface area contributed by atoms with Crippen LogP contribution in [-0.4, -0.2) is 24.2 Å². The average molecular weight is 353 g/mol. The van der Waals surface area contributed by atoms with Crippen molar-refractivity contribution in [3.8, 4) is 17.2 Å². The van der Waals surface area contributed by atoms with Crippen LogP contribution in [0.15, 0.2) is 48.5 Å². The van der Waals surface area contributed by atoms with Gasteiger partial charge in [0.05, 0.1) is 0 Å². The van der Waals surface area contributed by atoms with E-state index >= 15 is 0 Å². The highest BCUT2D eigenvalue weighted by molar-refractivity contribution is 5.50. The molecule has 0 saturated carbocycles. The van der Waals surface area contributed by atoms with Crippen molar-refractivity contribution in [3.05, 3.63) is 48.5 Å². The van der Waals surface area contributed by atoms with Gasteiger partial charge in [-0.1, -0.05) is 0 Å². The van der Waals surface area contributed by atoms with Gasteiger partial charge in [-0.2, -0.15) is 0 Å². The average Bonchev–Trinajstić information content (AvgIpc) is 2.57. The molecule has 1 fully saturated rings. The summed E-state index contributed by atoms with van der Waals surface area (Å²) in [6.07, 6.45) is -2.08. The minimum atomic E-state index is -4.71. The number of benzene rings is 2. The van der Waals surface area contributed by atoms with E-state index in [1.54, 1.807) is 12.1 Å². The molecule has 1 atom stereocenters. The molecule has 1 aliphatic rings. The molecule has 0 radical (unpaired) electrons. The van der Waals surface area contributed by atoms with E-state index in [9.17, 15) is 18.3 Å². The highest BCUT2D eigenvalue weighted by Gasteiger charge is 2.31. The zero-order chi connectivity index (χ0) is 17.9. The van der Waals surface area contributed by atoms with Gasteiger partial charge in [-0.05, 0) is 61.4 Å². The van der Waals surface area contributed by atoms with Crippen molar-refractivity contribution in [2.24, 2.45) is 0 Å². The Bertz CT molecular complexity index is 686. The molecule has 1 N–H and O–H groups in total. The molecule has 134 valence electrons. The molecule has 4 nitrogen and oxygen atoms in total. The maximum atomic E-state index is 12.2. The van der Waals surface area contributed by atoms with Crippen molar-refractivity contribution in [1.82, 2.24) is 0 Å². The Hall–Kier alpha value is -2.57. The summed E-state index contributed by atoms with van der Waals surface area (Å²) < 4.78 is 46.4. The number of aromatic hydroxyl groups is 1. The van der Waals surface area contributed by atoms with Gasteiger partial charge in [0.15, 0.2) is 6.23 Å². The van der Waals surface area contributed by atoms with E-state index in [4.69, 9.17) is 4.74 Å². The van der Waals surface area contributed by atoms with Crippen LogP contribution >= 0.6 is 0 Å². The lowest BCUT2D eigenvalue weighted by atomic mass is 10.1. The molecule has 3 rings (SSSR count). The summed E-state index contributed by atoms with van der Waals surface area (Å²) >= 11 is 0. The Morgan fingerprint density at radius 1 is 0.920 bits per heavy atom. The van der Waals surface area contributed by atoms with E-state index in [-0.39, 0.29) is 17.7 Å². The Labute approximate surface area is 143 Å². The number of nitrogens with zero attached hydrogens (tertiary/aromatic N) is 1. The number of piperidine rings is 1. The number of rotatable bonds is 4. The first kappa shape index (κ1) is 17.3. The minimum Gasteiger partial charge on any atom is -0.508 e. The van der Waals surface area contributed by atoms with E-state index in [1.807, 2.05) is 12.1 Å². The van der Waals surface area contributed by atoms with Gasteiger partial charge in [-0.25, -0.2) is 0 Å². The van der Waals surface area contributed by atoms with Crippen LogP contribution in [0.2, 0.25) is 0 Å². The van der Waals surface area contributed by atoms with Gasteiger partial charge in [0.1, 0.15) is 17.2 Å². The Kier molecular flexibility index (Phi) is 4.92. The fraction of sp³-hybridized carbons (Fsp3) is 0.333. The predicted octanol–water partition coefficient (Wildman–Crippen LogP) is 4.69. The number of anilines is 1. The molecule has 2 aromatic rings. The second kappa shape index (κ2) is 7.13. The Balaban J connectivity index is 1.70. The van der Waals surface area contributed by atoms with Crippen molar-refractivity contribution in [3.63, 3.8) is 0 Å². The number of phenols is 1. The molecular weight excluding hydrogens is 335 g/mol. The standard InChI is InChI=1S/C18H18F3NO3/c19-18(20,21)25-16-10-8-15(9-11-16)24-17-3-1-2-12-22(17)13-4-6-14(23)7-5-13/h4-11,17,23H,1-3,12H2. The molecule has 0 aliphatic carbocycles. The molecule has 0 amide bonds.